The van der Waals surface area contributed by atoms with E-state index < -0.39 is 0 Å². The van der Waals surface area contributed by atoms with Crippen LogP contribution in [0.25, 0.3) is 10.9 Å². The highest BCUT2D eigenvalue weighted by Crippen LogP contribution is 2.32. The molecule has 0 N–H and O–H groups in total. The lowest BCUT2D eigenvalue weighted by atomic mass is 10.2. The molecule has 0 saturated carbocycles. The predicted molar refractivity (Wildman–Crippen MR) is 85.7 cm³/mol. The smallest absolute Gasteiger partial charge is 0.224 e. The highest BCUT2D eigenvalue weighted by atomic mass is 35.5. The van der Waals surface area contributed by atoms with Gasteiger partial charge in [-0.1, -0.05) is 35.0 Å². The third kappa shape index (κ3) is 3.05. The van der Waals surface area contributed by atoms with Gasteiger partial charge in [-0.25, -0.2) is 4.98 Å². The summed E-state index contributed by atoms with van der Waals surface area (Å²) in [5.41, 5.74) is 0.672. The summed E-state index contributed by atoms with van der Waals surface area (Å²) in [4.78, 5) is 12.6. The van der Waals surface area contributed by atoms with Crippen molar-refractivity contribution in [3.8, 4) is 11.6 Å². The summed E-state index contributed by atoms with van der Waals surface area (Å²) in [7, 11) is 0. The van der Waals surface area contributed by atoms with Gasteiger partial charge < -0.3 is 4.74 Å². The number of halogens is 2. The number of ether oxygens (including phenoxy) is 1. The number of hydrogen-bond acceptors (Lipinski definition) is 5. The molecule has 0 aliphatic carbocycles. The Kier molecular flexibility index (Phi) is 4.14. The molecule has 0 fully saturated rings. The quantitative estimate of drug-likeness (QED) is 0.388. The van der Waals surface area contributed by atoms with Crippen molar-refractivity contribution in [3.63, 3.8) is 0 Å². The highest BCUT2D eigenvalue weighted by Gasteiger charge is 2.10. The molecule has 106 valence electrons. The number of benzene rings is 1. The number of pyridine rings is 1. The van der Waals surface area contributed by atoms with Crippen LogP contribution in [-0.2, 0) is 0 Å². The molecular formula is C14H9Cl2N3OS. The van der Waals surface area contributed by atoms with E-state index in [0.29, 0.717) is 32.5 Å². The summed E-state index contributed by atoms with van der Waals surface area (Å²) in [6, 6.07) is 8.79. The van der Waals surface area contributed by atoms with Crippen LogP contribution in [0.3, 0.4) is 0 Å². The third-order valence-corrected chi connectivity index (χ3v) is 3.80. The number of hydrogen-bond donors (Lipinski definition) is 0. The van der Waals surface area contributed by atoms with Crippen LogP contribution < -0.4 is 4.74 Å². The van der Waals surface area contributed by atoms with Gasteiger partial charge in [0, 0.05) is 17.6 Å². The Balaban J connectivity index is 2.06. The van der Waals surface area contributed by atoms with Gasteiger partial charge in [-0.3, -0.25) is 4.98 Å². The average Bonchev–Trinajstić information content (AvgIpc) is 2.50. The number of rotatable bonds is 3. The Labute approximate surface area is 135 Å². The van der Waals surface area contributed by atoms with E-state index in [1.165, 1.54) is 11.8 Å². The molecule has 0 atom stereocenters. The minimum Gasteiger partial charge on any atom is -0.437 e. The molecular weight excluding hydrogens is 329 g/mol. The van der Waals surface area contributed by atoms with Crippen molar-refractivity contribution in [2.45, 2.75) is 5.16 Å². The van der Waals surface area contributed by atoms with Crippen LogP contribution in [0.1, 0.15) is 0 Å². The summed E-state index contributed by atoms with van der Waals surface area (Å²) in [5, 5.41) is 2.32. The van der Waals surface area contributed by atoms with Crippen molar-refractivity contribution in [1.82, 2.24) is 15.0 Å². The molecule has 0 amide bonds. The first kappa shape index (κ1) is 14.4. The zero-order valence-electron chi connectivity index (χ0n) is 10.9. The Morgan fingerprint density at radius 2 is 2.00 bits per heavy atom. The molecule has 3 rings (SSSR count). The normalized spacial score (nSPS) is 10.8. The van der Waals surface area contributed by atoms with Crippen LogP contribution in [0.5, 0.6) is 11.6 Å². The van der Waals surface area contributed by atoms with E-state index in [9.17, 15) is 0 Å². The lowest BCUT2D eigenvalue weighted by molar-refractivity contribution is 0.459. The Bertz CT molecular complexity index is 813. The van der Waals surface area contributed by atoms with Crippen molar-refractivity contribution in [2.24, 2.45) is 0 Å². The van der Waals surface area contributed by atoms with Gasteiger partial charge in [0.15, 0.2) is 10.9 Å². The molecule has 0 radical (unpaired) electrons. The largest absolute Gasteiger partial charge is 0.437 e. The average molecular weight is 338 g/mol. The van der Waals surface area contributed by atoms with Crippen LogP contribution in [0, 0.1) is 0 Å². The zero-order valence-corrected chi connectivity index (χ0v) is 13.2. The molecule has 0 bridgehead atoms. The maximum atomic E-state index is 6.16. The minimum atomic E-state index is 0.329. The van der Waals surface area contributed by atoms with Gasteiger partial charge in [-0.2, -0.15) is 4.98 Å². The van der Waals surface area contributed by atoms with E-state index in [2.05, 4.69) is 15.0 Å². The van der Waals surface area contributed by atoms with Crippen LogP contribution in [0.4, 0.5) is 0 Å². The second-order valence-corrected chi connectivity index (χ2v) is 5.63. The molecule has 0 spiro atoms. The molecule has 0 aliphatic heterocycles. The van der Waals surface area contributed by atoms with E-state index in [-0.39, 0.29) is 0 Å². The zero-order chi connectivity index (χ0) is 14.8. The van der Waals surface area contributed by atoms with Crippen molar-refractivity contribution < 1.29 is 4.74 Å². The fourth-order valence-electron chi connectivity index (χ4n) is 1.83. The number of nitrogens with zero attached hydrogens (tertiary/aromatic N) is 3. The Morgan fingerprint density at radius 3 is 2.81 bits per heavy atom. The van der Waals surface area contributed by atoms with Crippen LogP contribution in [-0.4, -0.2) is 21.2 Å². The van der Waals surface area contributed by atoms with Gasteiger partial charge in [0.25, 0.3) is 0 Å². The molecule has 1 aromatic carbocycles. The van der Waals surface area contributed by atoms with E-state index >= 15 is 0 Å². The molecule has 4 nitrogen and oxygen atoms in total. The fourth-order valence-corrected chi connectivity index (χ4v) is 2.64. The monoisotopic (exact) mass is 337 g/mol. The topological polar surface area (TPSA) is 47.9 Å². The highest BCUT2D eigenvalue weighted by molar-refractivity contribution is 7.98. The van der Waals surface area contributed by atoms with Crippen molar-refractivity contribution in [2.75, 3.05) is 6.26 Å². The summed E-state index contributed by atoms with van der Waals surface area (Å²) in [5.74, 6) is 0.936. The predicted octanol–water partition coefficient (Wildman–Crippen LogP) is 4.85. The van der Waals surface area contributed by atoms with Gasteiger partial charge in [-0.15, -0.1) is 0 Å². The summed E-state index contributed by atoms with van der Waals surface area (Å²) < 4.78 is 5.80. The summed E-state index contributed by atoms with van der Waals surface area (Å²) >= 11 is 13.5. The summed E-state index contributed by atoms with van der Waals surface area (Å²) in [6.45, 7) is 0. The maximum absolute atomic E-state index is 6.16. The Morgan fingerprint density at radius 1 is 1.14 bits per heavy atom. The van der Waals surface area contributed by atoms with Crippen molar-refractivity contribution in [1.29, 1.82) is 0 Å². The Hall–Kier alpha value is -1.56. The lowest BCUT2D eigenvalue weighted by Crippen LogP contribution is -1.94. The second kappa shape index (κ2) is 6.05. The molecule has 21 heavy (non-hydrogen) atoms. The minimum absolute atomic E-state index is 0.329. The van der Waals surface area contributed by atoms with Crippen LogP contribution >= 0.6 is 35.0 Å². The van der Waals surface area contributed by atoms with E-state index in [0.717, 1.165) is 5.39 Å². The van der Waals surface area contributed by atoms with Crippen molar-refractivity contribution >= 4 is 45.9 Å². The van der Waals surface area contributed by atoms with Crippen LogP contribution in [0.15, 0.2) is 41.7 Å². The first-order valence-corrected chi connectivity index (χ1v) is 7.95. The molecule has 7 heteroatoms. The molecule has 2 heterocycles. The maximum Gasteiger partial charge on any atom is 0.224 e. The van der Waals surface area contributed by atoms with Gasteiger partial charge in [-0.05, 0) is 30.5 Å². The second-order valence-electron chi connectivity index (χ2n) is 4.06. The van der Waals surface area contributed by atoms with E-state index in [4.69, 9.17) is 27.9 Å². The third-order valence-electron chi connectivity index (χ3n) is 2.73. The molecule has 0 aliphatic rings. The van der Waals surface area contributed by atoms with Crippen molar-refractivity contribution in [3.05, 3.63) is 46.7 Å². The molecule has 0 saturated heterocycles. The van der Waals surface area contributed by atoms with Gasteiger partial charge in [0.05, 0.1) is 5.02 Å². The number of thioether (sulfide) groups is 1. The van der Waals surface area contributed by atoms with E-state index in [1.54, 1.807) is 24.4 Å². The number of fused-ring (bicyclic) bond motifs is 1. The van der Waals surface area contributed by atoms with Crippen LogP contribution in [0.2, 0.25) is 10.2 Å². The molecule has 2 aromatic heterocycles. The first-order valence-electron chi connectivity index (χ1n) is 5.97. The van der Waals surface area contributed by atoms with Gasteiger partial charge in [0.2, 0.25) is 5.88 Å². The van der Waals surface area contributed by atoms with Gasteiger partial charge in [0.1, 0.15) is 10.7 Å². The molecule has 3 aromatic rings. The standard InChI is InChI=1S/C14H9Cl2N3OS/c1-21-14-18-11(16)7-12(19-14)20-10-5-4-9(15)8-3-2-6-17-13(8)10/h2-7H,1H3. The SMILES string of the molecule is CSc1nc(Cl)cc(Oc2ccc(Cl)c3cccnc23)n1. The lowest BCUT2D eigenvalue weighted by Gasteiger charge is -2.09. The summed E-state index contributed by atoms with van der Waals surface area (Å²) in [6.07, 6.45) is 3.56. The first-order chi connectivity index (χ1) is 10.2. The fraction of sp³-hybridized carbons (Fsp3) is 0.0714. The van der Waals surface area contributed by atoms with Gasteiger partial charge >= 0.3 is 0 Å². The number of aromatic nitrogens is 3. The van der Waals surface area contributed by atoms with E-state index in [1.807, 2.05) is 18.4 Å². The molecule has 0 unspecified atom stereocenters.